The number of sulfone groups is 1. The Morgan fingerprint density at radius 2 is 1.86 bits per heavy atom. The molecule has 0 heterocycles. The summed E-state index contributed by atoms with van der Waals surface area (Å²) >= 11 is 5.62. The van der Waals surface area contributed by atoms with Crippen LogP contribution in [0.15, 0.2) is 10.4 Å². The molecule has 1 atom stereocenters. The first-order valence-corrected chi connectivity index (χ1v) is 8.26. The lowest BCUT2D eigenvalue weighted by atomic mass is 10.2. The number of nitrogens with one attached hydrogen (secondary N) is 1. The van der Waals surface area contributed by atoms with E-state index in [1.807, 2.05) is 0 Å². The summed E-state index contributed by atoms with van der Waals surface area (Å²) in [6, 6.07) is -0.963. The molecule has 0 saturated carbocycles. The molecule has 9 heteroatoms. The largest absolute Gasteiger partial charge is 0.469 e. The van der Waals surface area contributed by atoms with Crippen molar-refractivity contribution in [3.63, 3.8) is 0 Å². The molecular formula is C12H20ClNO6S. The summed E-state index contributed by atoms with van der Waals surface area (Å²) < 4.78 is 31.6. The van der Waals surface area contributed by atoms with Crippen LogP contribution in [0.2, 0.25) is 0 Å². The number of carbonyl (C=O) groups excluding carboxylic acids is 2. The van der Waals surface area contributed by atoms with E-state index in [4.69, 9.17) is 16.3 Å². The fourth-order valence-electron chi connectivity index (χ4n) is 1.16. The van der Waals surface area contributed by atoms with Gasteiger partial charge in [0.1, 0.15) is 9.97 Å². The van der Waals surface area contributed by atoms with Crippen molar-refractivity contribution in [1.82, 2.24) is 5.32 Å². The van der Waals surface area contributed by atoms with Crippen LogP contribution in [-0.4, -0.2) is 45.5 Å². The van der Waals surface area contributed by atoms with Gasteiger partial charge in [0, 0.05) is 6.26 Å². The van der Waals surface area contributed by atoms with Gasteiger partial charge >= 0.3 is 12.1 Å². The predicted octanol–water partition coefficient (Wildman–Crippen LogP) is 1.57. The first kappa shape index (κ1) is 19.7. The maximum absolute atomic E-state index is 11.7. The fourth-order valence-corrected chi connectivity index (χ4v) is 1.72. The van der Waals surface area contributed by atoms with Gasteiger partial charge in [-0.2, -0.15) is 0 Å². The molecule has 21 heavy (non-hydrogen) atoms. The van der Waals surface area contributed by atoms with E-state index in [1.165, 1.54) is 7.11 Å². The standard InChI is InChI=1S/C12H20ClNO6S/c1-12(2,3)20-11(16)14-8(7-10(15)19-4)6-9(13)21(5,17)18/h6,8H,7H2,1-5H3,(H,14,16)/t8-/m1/s1. The molecule has 0 fully saturated rings. The minimum absolute atomic E-state index is 0.276. The molecule has 0 rings (SSSR count). The van der Waals surface area contributed by atoms with Crippen LogP contribution in [0.5, 0.6) is 0 Å². The van der Waals surface area contributed by atoms with Gasteiger partial charge in [0.15, 0.2) is 9.84 Å². The van der Waals surface area contributed by atoms with Gasteiger partial charge in [-0.3, -0.25) is 4.79 Å². The van der Waals surface area contributed by atoms with E-state index < -0.39 is 37.9 Å². The predicted molar refractivity (Wildman–Crippen MR) is 78.6 cm³/mol. The van der Waals surface area contributed by atoms with Crippen LogP contribution in [0, 0.1) is 0 Å². The highest BCUT2D eigenvalue weighted by Crippen LogP contribution is 2.13. The SMILES string of the molecule is COC(=O)C[C@@H](C=C(Cl)S(C)(=O)=O)NC(=O)OC(C)(C)C. The number of hydrogen-bond donors (Lipinski definition) is 1. The van der Waals surface area contributed by atoms with Crippen LogP contribution in [0.3, 0.4) is 0 Å². The Labute approximate surface area is 129 Å². The van der Waals surface area contributed by atoms with Crippen molar-refractivity contribution >= 4 is 33.5 Å². The lowest BCUT2D eigenvalue weighted by Gasteiger charge is -2.22. The molecule has 0 aliphatic carbocycles. The molecule has 7 nitrogen and oxygen atoms in total. The van der Waals surface area contributed by atoms with E-state index >= 15 is 0 Å². The minimum atomic E-state index is -3.63. The zero-order valence-electron chi connectivity index (χ0n) is 12.6. The van der Waals surface area contributed by atoms with Gasteiger partial charge in [-0.1, -0.05) is 11.6 Å². The van der Waals surface area contributed by atoms with Crippen molar-refractivity contribution in [3.8, 4) is 0 Å². The molecule has 0 spiro atoms. The van der Waals surface area contributed by atoms with Crippen LogP contribution >= 0.6 is 11.6 Å². The van der Waals surface area contributed by atoms with E-state index in [0.717, 1.165) is 12.3 Å². The topological polar surface area (TPSA) is 98.8 Å². The summed E-state index contributed by atoms with van der Waals surface area (Å²) in [6.45, 7) is 5.00. The molecule has 122 valence electrons. The number of hydrogen-bond acceptors (Lipinski definition) is 6. The average molecular weight is 342 g/mol. The van der Waals surface area contributed by atoms with Crippen molar-refractivity contribution in [2.24, 2.45) is 0 Å². The Balaban J connectivity index is 5.08. The summed E-state index contributed by atoms with van der Waals surface area (Å²) in [5.74, 6) is -0.634. The number of ether oxygens (including phenoxy) is 2. The molecule has 1 N–H and O–H groups in total. The zero-order chi connectivity index (χ0) is 16.8. The van der Waals surface area contributed by atoms with Gasteiger partial charge in [0.05, 0.1) is 19.6 Å². The molecule has 1 amide bonds. The van der Waals surface area contributed by atoms with Crippen molar-refractivity contribution in [1.29, 1.82) is 0 Å². The molecule has 0 aromatic heterocycles. The number of alkyl carbamates (subject to hydrolysis) is 1. The molecule has 0 aliphatic rings. The fraction of sp³-hybridized carbons (Fsp3) is 0.667. The average Bonchev–Trinajstić information content (AvgIpc) is 2.24. The molecule has 0 unspecified atom stereocenters. The number of carbonyl (C=O) groups is 2. The smallest absolute Gasteiger partial charge is 0.408 e. The Hall–Kier alpha value is -1.28. The van der Waals surface area contributed by atoms with E-state index in [2.05, 4.69) is 10.1 Å². The molecular weight excluding hydrogens is 322 g/mol. The summed E-state index contributed by atoms with van der Waals surface area (Å²) in [6.07, 6.45) is 0.888. The first-order valence-electron chi connectivity index (χ1n) is 5.99. The van der Waals surface area contributed by atoms with Crippen molar-refractivity contribution in [2.75, 3.05) is 13.4 Å². The van der Waals surface area contributed by atoms with Crippen molar-refractivity contribution in [2.45, 2.75) is 38.8 Å². The third-order valence-corrected chi connectivity index (χ3v) is 3.81. The van der Waals surface area contributed by atoms with Crippen LogP contribution in [0.4, 0.5) is 4.79 Å². The van der Waals surface area contributed by atoms with Gasteiger partial charge in [0.2, 0.25) is 0 Å². The lowest BCUT2D eigenvalue weighted by Crippen LogP contribution is -2.39. The molecule has 0 aromatic rings. The summed E-state index contributed by atoms with van der Waals surface area (Å²) in [7, 11) is -2.45. The first-order chi connectivity index (χ1) is 9.35. The quantitative estimate of drug-likeness (QED) is 0.762. The summed E-state index contributed by atoms with van der Waals surface area (Å²) in [5.41, 5.74) is -0.732. The minimum Gasteiger partial charge on any atom is -0.469 e. The Morgan fingerprint density at radius 1 is 1.33 bits per heavy atom. The van der Waals surface area contributed by atoms with E-state index in [0.29, 0.717) is 0 Å². The third kappa shape index (κ3) is 9.30. The van der Waals surface area contributed by atoms with Gasteiger partial charge < -0.3 is 14.8 Å². The van der Waals surface area contributed by atoms with Gasteiger partial charge in [0.25, 0.3) is 0 Å². The number of amides is 1. The van der Waals surface area contributed by atoms with Gasteiger partial charge in [-0.15, -0.1) is 0 Å². The second-order valence-corrected chi connectivity index (χ2v) is 7.89. The number of methoxy groups -OCH3 is 1. The third-order valence-electron chi connectivity index (χ3n) is 2.00. The lowest BCUT2D eigenvalue weighted by molar-refractivity contribution is -0.140. The van der Waals surface area contributed by atoms with Crippen LogP contribution in [-0.2, 0) is 24.1 Å². The molecule has 0 saturated heterocycles. The number of halogens is 1. The number of esters is 1. The highest BCUT2D eigenvalue weighted by Gasteiger charge is 2.22. The maximum Gasteiger partial charge on any atom is 0.408 e. The van der Waals surface area contributed by atoms with Crippen molar-refractivity contribution < 1.29 is 27.5 Å². The van der Waals surface area contributed by atoms with Crippen LogP contribution < -0.4 is 5.32 Å². The summed E-state index contributed by atoms with van der Waals surface area (Å²) in [4.78, 5) is 22.9. The monoisotopic (exact) mass is 341 g/mol. The molecule has 0 aromatic carbocycles. The van der Waals surface area contributed by atoms with Gasteiger partial charge in [-0.25, -0.2) is 13.2 Å². The van der Waals surface area contributed by atoms with Crippen LogP contribution in [0.25, 0.3) is 0 Å². The second kappa shape index (κ2) is 7.65. The number of rotatable bonds is 5. The molecule has 0 bridgehead atoms. The van der Waals surface area contributed by atoms with Gasteiger partial charge in [-0.05, 0) is 26.8 Å². The van der Waals surface area contributed by atoms with E-state index in [-0.39, 0.29) is 6.42 Å². The second-order valence-electron chi connectivity index (χ2n) is 5.28. The summed E-state index contributed by atoms with van der Waals surface area (Å²) in [5, 5.41) is 2.35. The molecule has 0 radical (unpaired) electrons. The highest BCUT2D eigenvalue weighted by atomic mass is 35.5. The van der Waals surface area contributed by atoms with E-state index in [9.17, 15) is 18.0 Å². The van der Waals surface area contributed by atoms with E-state index in [1.54, 1.807) is 20.8 Å². The Kier molecular flexibility index (Phi) is 7.18. The zero-order valence-corrected chi connectivity index (χ0v) is 14.2. The van der Waals surface area contributed by atoms with Crippen molar-refractivity contribution in [3.05, 3.63) is 10.4 Å². The van der Waals surface area contributed by atoms with Crippen LogP contribution in [0.1, 0.15) is 27.2 Å². The highest BCUT2D eigenvalue weighted by molar-refractivity contribution is 7.96. The Bertz CT molecular complexity index is 520. The Morgan fingerprint density at radius 3 is 2.24 bits per heavy atom. The normalized spacial score (nSPS) is 14.3. The maximum atomic E-state index is 11.7. The molecule has 0 aliphatic heterocycles.